The molecule has 1 saturated heterocycles. The summed E-state index contributed by atoms with van der Waals surface area (Å²) in [5, 5.41) is 0.837. The fourth-order valence-electron chi connectivity index (χ4n) is 2.90. The molecule has 1 atom stereocenters. The Morgan fingerprint density at radius 3 is 2.65 bits per heavy atom. The number of nitrogens with zero attached hydrogens (tertiary/aromatic N) is 2. The smallest absolute Gasteiger partial charge is 0.224 e. The molecule has 0 aromatic heterocycles. The summed E-state index contributed by atoms with van der Waals surface area (Å²) in [5.41, 5.74) is 0.659. The second-order valence-electron chi connectivity index (χ2n) is 6.11. The average molecular weight is 357 g/mol. The van der Waals surface area contributed by atoms with Crippen molar-refractivity contribution >= 4 is 40.7 Å². The van der Waals surface area contributed by atoms with Crippen LogP contribution >= 0.6 is 23.2 Å². The molecule has 126 valence electrons. The molecular formula is C17H22Cl2N2O2. The van der Waals surface area contributed by atoms with Gasteiger partial charge in [0.1, 0.15) is 0 Å². The summed E-state index contributed by atoms with van der Waals surface area (Å²) in [6.45, 7) is 5.62. The van der Waals surface area contributed by atoms with Crippen LogP contribution in [0.25, 0.3) is 0 Å². The molecule has 2 rings (SSSR count). The minimum atomic E-state index is -0.122. The van der Waals surface area contributed by atoms with E-state index in [4.69, 9.17) is 23.2 Å². The minimum absolute atomic E-state index is 0.0999. The number of hydrogen-bond acceptors (Lipinski definition) is 2. The van der Waals surface area contributed by atoms with Crippen molar-refractivity contribution in [3.05, 3.63) is 28.2 Å². The summed E-state index contributed by atoms with van der Waals surface area (Å²) in [6.07, 6.45) is 2.54. The average Bonchev–Trinajstić information content (AvgIpc) is 2.50. The van der Waals surface area contributed by atoms with Gasteiger partial charge in [-0.05, 0) is 37.0 Å². The highest BCUT2D eigenvalue weighted by Crippen LogP contribution is 2.27. The van der Waals surface area contributed by atoms with Gasteiger partial charge in [-0.25, -0.2) is 0 Å². The molecule has 6 heteroatoms. The lowest BCUT2D eigenvalue weighted by Crippen LogP contribution is -2.41. The Labute approximate surface area is 147 Å². The Kier molecular flexibility index (Phi) is 6.31. The molecule has 1 aromatic rings. The molecule has 4 nitrogen and oxygen atoms in total. The molecule has 1 heterocycles. The Balaban J connectivity index is 2.01. The number of benzene rings is 1. The normalized spacial score (nSPS) is 17.9. The quantitative estimate of drug-likeness (QED) is 0.817. The van der Waals surface area contributed by atoms with Crippen LogP contribution in [-0.4, -0.2) is 36.3 Å². The number of halogens is 2. The van der Waals surface area contributed by atoms with Gasteiger partial charge in [-0.3, -0.25) is 9.59 Å². The Morgan fingerprint density at radius 1 is 1.30 bits per heavy atom. The van der Waals surface area contributed by atoms with E-state index in [1.165, 1.54) is 13.3 Å². The fourth-order valence-corrected chi connectivity index (χ4v) is 3.20. The second-order valence-corrected chi connectivity index (χ2v) is 6.92. The zero-order chi connectivity index (χ0) is 17.0. The monoisotopic (exact) mass is 356 g/mol. The third-order valence-corrected chi connectivity index (χ3v) is 4.89. The second kappa shape index (κ2) is 8.02. The van der Waals surface area contributed by atoms with Crippen LogP contribution in [0.15, 0.2) is 18.2 Å². The van der Waals surface area contributed by atoms with Gasteiger partial charge in [-0.1, -0.05) is 30.1 Å². The SMILES string of the molecule is CC(=O)N(CCC(=O)N1CCCC(C)C1)c1ccc(Cl)c(Cl)c1. The summed E-state index contributed by atoms with van der Waals surface area (Å²) in [7, 11) is 0. The van der Waals surface area contributed by atoms with E-state index in [1.54, 1.807) is 23.1 Å². The highest BCUT2D eigenvalue weighted by Gasteiger charge is 2.22. The lowest BCUT2D eigenvalue weighted by molar-refractivity contribution is -0.132. The molecule has 1 aromatic carbocycles. The van der Waals surface area contributed by atoms with E-state index in [2.05, 4.69) is 6.92 Å². The molecule has 0 N–H and O–H groups in total. The number of likely N-dealkylation sites (tertiary alicyclic amines) is 1. The van der Waals surface area contributed by atoms with Crippen molar-refractivity contribution in [3.63, 3.8) is 0 Å². The molecule has 2 amide bonds. The number of carbonyl (C=O) groups excluding carboxylic acids is 2. The van der Waals surface area contributed by atoms with Crippen molar-refractivity contribution < 1.29 is 9.59 Å². The minimum Gasteiger partial charge on any atom is -0.342 e. The zero-order valence-corrected chi connectivity index (χ0v) is 15.0. The van der Waals surface area contributed by atoms with Gasteiger partial charge >= 0.3 is 0 Å². The summed E-state index contributed by atoms with van der Waals surface area (Å²) in [5.74, 6) is 0.526. The standard InChI is InChI=1S/C17H22Cl2N2O2/c1-12-4-3-8-20(11-12)17(23)7-9-21(13(2)22)14-5-6-15(18)16(19)10-14/h5-6,10,12H,3-4,7-9,11H2,1-2H3. The van der Waals surface area contributed by atoms with Gasteiger partial charge in [0.25, 0.3) is 0 Å². The maximum atomic E-state index is 12.4. The molecular weight excluding hydrogens is 335 g/mol. The Bertz CT molecular complexity index is 592. The van der Waals surface area contributed by atoms with Crippen molar-refractivity contribution in [2.45, 2.75) is 33.1 Å². The van der Waals surface area contributed by atoms with Crippen molar-refractivity contribution in [2.75, 3.05) is 24.5 Å². The summed E-state index contributed by atoms with van der Waals surface area (Å²) < 4.78 is 0. The Hall–Kier alpha value is -1.26. The number of piperidine rings is 1. The predicted octanol–water partition coefficient (Wildman–Crippen LogP) is 3.99. The topological polar surface area (TPSA) is 40.6 Å². The molecule has 1 fully saturated rings. The van der Waals surface area contributed by atoms with Crippen LogP contribution < -0.4 is 4.90 Å². The van der Waals surface area contributed by atoms with E-state index in [-0.39, 0.29) is 11.8 Å². The molecule has 0 radical (unpaired) electrons. The lowest BCUT2D eigenvalue weighted by Gasteiger charge is -2.31. The van der Waals surface area contributed by atoms with Crippen molar-refractivity contribution in [2.24, 2.45) is 5.92 Å². The maximum absolute atomic E-state index is 12.4. The van der Waals surface area contributed by atoms with E-state index < -0.39 is 0 Å². The fraction of sp³-hybridized carbons (Fsp3) is 0.529. The number of carbonyl (C=O) groups is 2. The highest BCUT2D eigenvalue weighted by atomic mass is 35.5. The summed E-state index contributed by atoms with van der Waals surface area (Å²) >= 11 is 11.9. The maximum Gasteiger partial charge on any atom is 0.224 e. The molecule has 1 unspecified atom stereocenters. The lowest BCUT2D eigenvalue weighted by atomic mass is 10.00. The van der Waals surface area contributed by atoms with Gasteiger partial charge in [0.15, 0.2) is 0 Å². The van der Waals surface area contributed by atoms with Crippen molar-refractivity contribution in [1.82, 2.24) is 4.90 Å². The van der Waals surface area contributed by atoms with Gasteiger partial charge in [-0.2, -0.15) is 0 Å². The molecule has 1 aliphatic heterocycles. The third-order valence-electron chi connectivity index (χ3n) is 4.15. The largest absolute Gasteiger partial charge is 0.342 e. The van der Waals surface area contributed by atoms with Crippen LogP contribution in [0.2, 0.25) is 10.0 Å². The van der Waals surface area contributed by atoms with Crippen LogP contribution in [0, 0.1) is 5.92 Å². The first-order valence-corrected chi connectivity index (χ1v) is 8.65. The number of anilines is 1. The molecule has 0 spiro atoms. The van der Waals surface area contributed by atoms with Crippen LogP contribution in [0.3, 0.4) is 0 Å². The van der Waals surface area contributed by atoms with Gasteiger partial charge in [0.05, 0.1) is 10.0 Å². The van der Waals surface area contributed by atoms with E-state index in [1.807, 2.05) is 4.90 Å². The van der Waals surface area contributed by atoms with Crippen molar-refractivity contribution in [3.8, 4) is 0 Å². The van der Waals surface area contributed by atoms with E-state index in [9.17, 15) is 9.59 Å². The molecule has 0 aliphatic carbocycles. The summed E-state index contributed by atoms with van der Waals surface area (Å²) in [6, 6.07) is 5.05. The number of hydrogen-bond donors (Lipinski definition) is 0. The number of amides is 2. The van der Waals surface area contributed by atoms with E-state index >= 15 is 0 Å². The molecule has 1 aliphatic rings. The third kappa shape index (κ3) is 4.85. The molecule has 23 heavy (non-hydrogen) atoms. The van der Waals surface area contributed by atoms with E-state index in [0.717, 1.165) is 19.5 Å². The van der Waals surface area contributed by atoms with Crippen molar-refractivity contribution in [1.29, 1.82) is 0 Å². The summed E-state index contributed by atoms with van der Waals surface area (Å²) in [4.78, 5) is 27.7. The van der Waals surface area contributed by atoms with Crippen LogP contribution in [-0.2, 0) is 9.59 Å². The predicted molar refractivity (Wildman–Crippen MR) is 94.1 cm³/mol. The first-order chi connectivity index (χ1) is 10.9. The first-order valence-electron chi connectivity index (χ1n) is 7.89. The van der Waals surface area contributed by atoms with E-state index in [0.29, 0.717) is 34.6 Å². The number of rotatable bonds is 4. The van der Waals surface area contributed by atoms with Gasteiger partial charge < -0.3 is 9.80 Å². The van der Waals surface area contributed by atoms with Crippen LogP contribution in [0.4, 0.5) is 5.69 Å². The zero-order valence-electron chi connectivity index (χ0n) is 13.5. The molecule has 0 saturated carbocycles. The highest BCUT2D eigenvalue weighted by molar-refractivity contribution is 6.42. The van der Waals surface area contributed by atoms with Crippen LogP contribution in [0.1, 0.15) is 33.1 Å². The first kappa shape index (κ1) is 18.1. The van der Waals surface area contributed by atoms with Crippen LogP contribution in [0.5, 0.6) is 0 Å². The van der Waals surface area contributed by atoms with Gasteiger partial charge in [-0.15, -0.1) is 0 Å². The van der Waals surface area contributed by atoms with Gasteiger partial charge in [0, 0.05) is 38.7 Å². The van der Waals surface area contributed by atoms with Gasteiger partial charge in [0.2, 0.25) is 11.8 Å². The Morgan fingerprint density at radius 2 is 2.04 bits per heavy atom. The molecule has 0 bridgehead atoms.